The van der Waals surface area contributed by atoms with E-state index in [1.54, 1.807) is 24.0 Å². The van der Waals surface area contributed by atoms with Gasteiger partial charge in [0.15, 0.2) is 0 Å². The molecule has 1 atom stereocenters. The molecule has 2 amide bonds. The lowest BCUT2D eigenvalue weighted by molar-refractivity contribution is -0.132. The molecule has 1 aromatic rings. The molecular weight excluding hydrogens is 252 g/mol. The van der Waals surface area contributed by atoms with Crippen LogP contribution in [0.25, 0.3) is 0 Å². The van der Waals surface area contributed by atoms with E-state index >= 15 is 0 Å². The molecule has 7 heteroatoms. The Morgan fingerprint density at radius 2 is 2.28 bits per heavy atom. The molecule has 1 aliphatic heterocycles. The minimum absolute atomic E-state index is 0.103. The van der Waals surface area contributed by atoms with Gasteiger partial charge in [-0.2, -0.15) is 0 Å². The molecular formula is C11H12N4O2S. The predicted octanol–water partition coefficient (Wildman–Crippen LogP) is -0.433. The molecule has 6 nitrogen and oxygen atoms in total. The predicted molar refractivity (Wildman–Crippen MR) is 70.1 cm³/mol. The maximum absolute atomic E-state index is 11.5. The number of hydrogen-bond donors (Lipinski definition) is 2. The van der Waals surface area contributed by atoms with Crippen LogP contribution < -0.4 is 16.0 Å². The summed E-state index contributed by atoms with van der Waals surface area (Å²) in [5, 5.41) is 2.27. The van der Waals surface area contributed by atoms with Gasteiger partial charge in [0.1, 0.15) is 16.8 Å². The summed E-state index contributed by atoms with van der Waals surface area (Å²) in [5.41, 5.74) is 6.12. The van der Waals surface area contributed by atoms with Crippen molar-refractivity contribution in [3.63, 3.8) is 0 Å². The number of imide groups is 1. The first kappa shape index (κ1) is 12.4. The van der Waals surface area contributed by atoms with Gasteiger partial charge >= 0.3 is 0 Å². The number of nitrogens with zero attached hydrogens (tertiary/aromatic N) is 2. The zero-order valence-electron chi connectivity index (χ0n) is 9.71. The maximum atomic E-state index is 11.5. The first-order valence-electron chi connectivity index (χ1n) is 5.35. The average Bonchev–Trinajstić information content (AvgIpc) is 2.34. The van der Waals surface area contributed by atoms with Crippen molar-refractivity contribution in [2.24, 2.45) is 5.73 Å². The summed E-state index contributed by atoms with van der Waals surface area (Å²) in [7, 11) is 0. The Morgan fingerprint density at radius 1 is 1.56 bits per heavy atom. The van der Waals surface area contributed by atoms with E-state index in [4.69, 9.17) is 18.0 Å². The number of rotatable bonds is 2. The Morgan fingerprint density at radius 3 is 2.83 bits per heavy atom. The molecule has 1 fully saturated rings. The van der Waals surface area contributed by atoms with Crippen molar-refractivity contribution in [1.82, 2.24) is 10.3 Å². The normalized spacial score (nSPS) is 19.6. The lowest BCUT2D eigenvalue weighted by atomic mass is 10.2. The second kappa shape index (κ2) is 4.69. The highest BCUT2D eigenvalue weighted by molar-refractivity contribution is 7.80. The molecule has 0 radical (unpaired) electrons. The van der Waals surface area contributed by atoms with E-state index in [-0.39, 0.29) is 23.3 Å². The van der Waals surface area contributed by atoms with E-state index in [0.29, 0.717) is 11.4 Å². The number of pyridine rings is 1. The van der Waals surface area contributed by atoms with Crippen LogP contribution >= 0.6 is 12.2 Å². The number of amides is 2. The van der Waals surface area contributed by atoms with Crippen molar-refractivity contribution in [2.45, 2.75) is 13.0 Å². The third-order valence-corrected chi connectivity index (χ3v) is 2.99. The number of nitrogens with two attached hydrogens (primary N) is 1. The Labute approximate surface area is 109 Å². The minimum atomic E-state index is -0.439. The molecule has 0 bridgehead atoms. The van der Waals surface area contributed by atoms with Crippen molar-refractivity contribution < 1.29 is 9.59 Å². The lowest BCUT2D eigenvalue weighted by Gasteiger charge is -2.32. The number of carbonyl (C=O) groups excluding carboxylic acids is 2. The largest absolute Gasteiger partial charge is 0.389 e. The maximum Gasteiger partial charge on any atom is 0.249 e. The molecule has 2 rings (SSSR count). The molecule has 0 spiro atoms. The van der Waals surface area contributed by atoms with Crippen LogP contribution in [0.2, 0.25) is 0 Å². The third-order valence-electron chi connectivity index (χ3n) is 2.75. The van der Waals surface area contributed by atoms with E-state index < -0.39 is 6.04 Å². The summed E-state index contributed by atoms with van der Waals surface area (Å²) in [6.07, 6.45) is 1.53. The van der Waals surface area contributed by atoms with Crippen molar-refractivity contribution in [1.29, 1.82) is 0 Å². The molecule has 0 aliphatic carbocycles. The molecule has 1 unspecified atom stereocenters. The molecule has 1 aromatic heterocycles. The van der Waals surface area contributed by atoms with Crippen LogP contribution in [-0.2, 0) is 9.59 Å². The third kappa shape index (κ3) is 2.30. The van der Waals surface area contributed by atoms with Gasteiger partial charge in [-0.3, -0.25) is 14.9 Å². The second-order valence-electron chi connectivity index (χ2n) is 3.99. The van der Waals surface area contributed by atoms with Crippen LogP contribution in [-0.4, -0.2) is 34.4 Å². The second-order valence-corrected chi connectivity index (χ2v) is 4.43. The smallest absolute Gasteiger partial charge is 0.249 e. The van der Waals surface area contributed by atoms with Crippen LogP contribution in [0.4, 0.5) is 5.82 Å². The zero-order valence-corrected chi connectivity index (χ0v) is 10.5. The quantitative estimate of drug-likeness (QED) is 0.556. The van der Waals surface area contributed by atoms with Crippen LogP contribution in [0, 0.1) is 0 Å². The zero-order chi connectivity index (χ0) is 13.3. The van der Waals surface area contributed by atoms with E-state index in [1.165, 1.54) is 6.20 Å². The molecule has 1 aliphatic rings. The van der Waals surface area contributed by atoms with E-state index in [0.717, 1.165) is 0 Å². The van der Waals surface area contributed by atoms with Crippen molar-refractivity contribution >= 4 is 34.8 Å². The van der Waals surface area contributed by atoms with Gasteiger partial charge in [0.05, 0.1) is 6.54 Å². The number of nitrogens with one attached hydrogen (secondary N) is 1. The van der Waals surface area contributed by atoms with Crippen molar-refractivity contribution in [2.75, 3.05) is 11.4 Å². The molecule has 1 saturated heterocycles. The standard InChI is InChI=1S/C11H12N4O2S/c1-6-11(17)14-9(16)5-15(6)8-3-2-7(4-13-8)10(12)18/h2-4,6H,5H2,1H3,(H2,12,18)(H,14,16,17). The van der Waals surface area contributed by atoms with Crippen LogP contribution in [0.1, 0.15) is 12.5 Å². The topological polar surface area (TPSA) is 88.3 Å². The number of hydrogen-bond acceptors (Lipinski definition) is 5. The van der Waals surface area contributed by atoms with E-state index in [2.05, 4.69) is 10.3 Å². The number of piperazine rings is 1. The first-order chi connectivity index (χ1) is 8.49. The fraction of sp³-hybridized carbons (Fsp3) is 0.273. The van der Waals surface area contributed by atoms with Crippen molar-refractivity contribution in [3.8, 4) is 0 Å². The molecule has 18 heavy (non-hydrogen) atoms. The van der Waals surface area contributed by atoms with Crippen LogP contribution in [0.15, 0.2) is 18.3 Å². The molecule has 94 valence electrons. The average molecular weight is 264 g/mol. The summed E-state index contributed by atoms with van der Waals surface area (Å²) in [6, 6.07) is 2.97. The number of thiocarbonyl (C=S) groups is 1. The van der Waals surface area contributed by atoms with Gasteiger partial charge in [0.25, 0.3) is 0 Å². The summed E-state index contributed by atoms with van der Waals surface area (Å²) in [4.78, 5) is 28.9. The van der Waals surface area contributed by atoms with Crippen molar-refractivity contribution in [3.05, 3.63) is 23.9 Å². The lowest BCUT2D eigenvalue weighted by Crippen LogP contribution is -2.57. The van der Waals surface area contributed by atoms with Gasteiger partial charge in [0, 0.05) is 11.8 Å². The number of carbonyl (C=O) groups is 2. The minimum Gasteiger partial charge on any atom is -0.389 e. The first-order valence-corrected chi connectivity index (χ1v) is 5.76. The highest BCUT2D eigenvalue weighted by Crippen LogP contribution is 2.16. The Bertz CT molecular complexity index is 514. The van der Waals surface area contributed by atoms with Gasteiger partial charge < -0.3 is 10.6 Å². The van der Waals surface area contributed by atoms with Gasteiger partial charge in [-0.05, 0) is 19.1 Å². The molecule has 0 saturated carbocycles. The van der Waals surface area contributed by atoms with Crippen LogP contribution in [0.5, 0.6) is 0 Å². The van der Waals surface area contributed by atoms with Gasteiger partial charge in [0.2, 0.25) is 11.8 Å². The van der Waals surface area contributed by atoms with Gasteiger partial charge in [-0.25, -0.2) is 4.98 Å². The number of aromatic nitrogens is 1. The molecule has 2 heterocycles. The van der Waals surface area contributed by atoms with Crippen LogP contribution in [0.3, 0.4) is 0 Å². The molecule has 0 aromatic carbocycles. The summed E-state index contributed by atoms with van der Waals surface area (Å²) < 4.78 is 0. The van der Waals surface area contributed by atoms with E-state index in [9.17, 15) is 9.59 Å². The fourth-order valence-electron chi connectivity index (χ4n) is 1.70. The summed E-state index contributed by atoms with van der Waals surface area (Å²) in [6.45, 7) is 1.82. The summed E-state index contributed by atoms with van der Waals surface area (Å²) >= 11 is 4.83. The Kier molecular flexibility index (Phi) is 3.24. The monoisotopic (exact) mass is 264 g/mol. The SMILES string of the molecule is CC1C(=O)NC(=O)CN1c1ccc(C(N)=S)cn1. The van der Waals surface area contributed by atoms with Gasteiger partial charge in [-0.15, -0.1) is 0 Å². The highest BCUT2D eigenvalue weighted by atomic mass is 32.1. The number of anilines is 1. The Hall–Kier alpha value is -2.02. The fourth-order valence-corrected chi connectivity index (χ4v) is 1.82. The highest BCUT2D eigenvalue weighted by Gasteiger charge is 2.30. The summed E-state index contributed by atoms with van der Waals surface area (Å²) in [5.74, 6) is -0.115. The van der Waals surface area contributed by atoms with Gasteiger partial charge in [-0.1, -0.05) is 12.2 Å². The van der Waals surface area contributed by atoms with E-state index in [1.807, 2.05) is 0 Å². The Balaban J connectivity index is 2.27. The molecule has 3 N–H and O–H groups in total.